The quantitative estimate of drug-likeness (QED) is 0.317. The van der Waals surface area contributed by atoms with Gasteiger partial charge in [-0.3, -0.25) is 13.9 Å². The van der Waals surface area contributed by atoms with Gasteiger partial charge in [0.05, 0.1) is 11.9 Å². The largest absolute Gasteiger partial charge is 0.352 e. The molecule has 0 heterocycles. The van der Waals surface area contributed by atoms with Crippen molar-refractivity contribution in [3.63, 3.8) is 0 Å². The van der Waals surface area contributed by atoms with Crippen LogP contribution in [0.4, 0.5) is 5.69 Å². The fraction of sp³-hybridized carbons (Fsp3) is 0.375. The third kappa shape index (κ3) is 8.81. The fourth-order valence-electron chi connectivity index (χ4n) is 5.28. The molecule has 1 atom stereocenters. The van der Waals surface area contributed by atoms with Crippen LogP contribution in [-0.4, -0.2) is 50.0 Å². The smallest absolute Gasteiger partial charge is 0.244 e. The normalized spacial score (nSPS) is 14.7. The lowest BCUT2D eigenvalue weighted by atomic mass is 9.94. The second-order valence-electron chi connectivity index (χ2n) is 10.8. The van der Waals surface area contributed by atoms with Crippen molar-refractivity contribution in [2.24, 2.45) is 0 Å². The van der Waals surface area contributed by atoms with E-state index in [-0.39, 0.29) is 18.5 Å². The number of hydrogen-bond donors (Lipinski definition) is 1. The Labute approximate surface area is 248 Å². The average molecular weight is 596 g/mol. The molecule has 3 aromatic carbocycles. The van der Waals surface area contributed by atoms with E-state index in [1.54, 1.807) is 30.3 Å². The monoisotopic (exact) mass is 595 g/mol. The van der Waals surface area contributed by atoms with Crippen LogP contribution in [0.15, 0.2) is 78.9 Å². The fourth-order valence-corrected chi connectivity index (χ4v) is 6.25. The molecule has 1 N–H and O–H groups in total. The number of nitrogens with one attached hydrogen (secondary N) is 1. The molecule has 1 aliphatic carbocycles. The topological polar surface area (TPSA) is 86.8 Å². The number of carbonyl (C=O) groups excluding carboxylic acids is 2. The Balaban J connectivity index is 1.71. The lowest BCUT2D eigenvalue weighted by molar-refractivity contribution is -0.140. The Morgan fingerprint density at radius 3 is 2.24 bits per heavy atom. The maximum Gasteiger partial charge on any atom is 0.244 e. The summed E-state index contributed by atoms with van der Waals surface area (Å²) in [5.74, 6) is -0.698. The van der Waals surface area contributed by atoms with Crippen molar-refractivity contribution >= 4 is 39.1 Å². The summed E-state index contributed by atoms with van der Waals surface area (Å²) in [6, 6.07) is 22.9. The van der Waals surface area contributed by atoms with Gasteiger partial charge in [-0.15, -0.1) is 0 Å². The Bertz CT molecular complexity index is 1420. The van der Waals surface area contributed by atoms with Gasteiger partial charge in [0.25, 0.3) is 0 Å². The number of rotatable bonds is 11. The first-order valence-corrected chi connectivity index (χ1v) is 16.3. The van der Waals surface area contributed by atoms with E-state index in [0.717, 1.165) is 59.4 Å². The molecular formula is C32H38ClN3O4S. The second-order valence-corrected chi connectivity index (χ2v) is 13.1. The van der Waals surface area contributed by atoms with E-state index in [9.17, 15) is 18.0 Å². The molecule has 4 rings (SSSR count). The number of hydrogen-bond acceptors (Lipinski definition) is 4. The highest BCUT2D eigenvalue weighted by Crippen LogP contribution is 2.23. The van der Waals surface area contributed by atoms with Gasteiger partial charge in [-0.2, -0.15) is 0 Å². The number of amides is 2. The van der Waals surface area contributed by atoms with Crippen LogP contribution in [-0.2, 0) is 32.6 Å². The first-order chi connectivity index (χ1) is 19.6. The molecule has 0 saturated heterocycles. The number of benzene rings is 3. The Morgan fingerprint density at radius 1 is 0.927 bits per heavy atom. The van der Waals surface area contributed by atoms with Crippen LogP contribution in [0.2, 0.25) is 5.02 Å². The van der Waals surface area contributed by atoms with Gasteiger partial charge in [-0.05, 0) is 60.7 Å². The first kappa shape index (κ1) is 30.6. The maximum absolute atomic E-state index is 14.2. The molecule has 9 heteroatoms. The molecule has 3 aromatic rings. The summed E-state index contributed by atoms with van der Waals surface area (Å²) in [6.07, 6.45) is 6.46. The van der Waals surface area contributed by atoms with E-state index in [1.807, 2.05) is 55.5 Å². The van der Waals surface area contributed by atoms with Gasteiger partial charge in [0.15, 0.2) is 0 Å². The Hall–Kier alpha value is -3.36. The minimum absolute atomic E-state index is 0.0572. The van der Waals surface area contributed by atoms with E-state index in [4.69, 9.17) is 11.6 Å². The molecule has 41 heavy (non-hydrogen) atoms. The van der Waals surface area contributed by atoms with Gasteiger partial charge in [-0.1, -0.05) is 85.5 Å². The van der Waals surface area contributed by atoms with Crippen molar-refractivity contribution < 1.29 is 18.0 Å². The van der Waals surface area contributed by atoms with Crippen LogP contribution in [0, 0.1) is 6.92 Å². The van der Waals surface area contributed by atoms with Gasteiger partial charge in [0.1, 0.15) is 12.6 Å². The van der Waals surface area contributed by atoms with Gasteiger partial charge in [0.2, 0.25) is 21.8 Å². The molecule has 0 aromatic heterocycles. The third-order valence-corrected chi connectivity index (χ3v) is 8.85. The molecule has 2 amide bonds. The maximum atomic E-state index is 14.2. The molecule has 1 unspecified atom stereocenters. The van der Waals surface area contributed by atoms with E-state index in [0.29, 0.717) is 17.1 Å². The third-order valence-electron chi connectivity index (χ3n) is 7.46. The van der Waals surface area contributed by atoms with Crippen LogP contribution in [0.1, 0.15) is 48.8 Å². The molecule has 1 aliphatic rings. The van der Waals surface area contributed by atoms with Crippen LogP contribution < -0.4 is 9.62 Å². The lowest BCUT2D eigenvalue weighted by Crippen LogP contribution is -2.55. The van der Waals surface area contributed by atoms with Gasteiger partial charge < -0.3 is 10.2 Å². The van der Waals surface area contributed by atoms with Crippen molar-refractivity contribution in [2.75, 3.05) is 17.1 Å². The van der Waals surface area contributed by atoms with E-state index >= 15 is 0 Å². The number of nitrogens with zero attached hydrogens (tertiary/aromatic N) is 2. The number of aryl methyl sites for hydroxylation is 1. The summed E-state index contributed by atoms with van der Waals surface area (Å²) in [7, 11) is -3.80. The highest BCUT2D eigenvalue weighted by atomic mass is 35.5. The van der Waals surface area contributed by atoms with Crippen molar-refractivity contribution in [1.29, 1.82) is 0 Å². The van der Waals surface area contributed by atoms with Crippen molar-refractivity contribution in [2.45, 2.75) is 64.1 Å². The van der Waals surface area contributed by atoms with E-state index in [1.165, 1.54) is 4.90 Å². The van der Waals surface area contributed by atoms with Crippen LogP contribution in [0.25, 0.3) is 0 Å². The van der Waals surface area contributed by atoms with Crippen molar-refractivity contribution in [3.8, 4) is 0 Å². The zero-order valence-electron chi connectivity index (χ0n) is 23.6. The second kappa shape index (κ2) is 14.0. The van der Waals surface area contributed by atoms with Gasteiger partial charge >= 0.3 is 0 Å². The summed E-state index contributed by atoms with van der Waals surface area (Å²) >= 11 is 6.12. The predicted octanol–water partition coefficient (Wildman–Crippen LogP) is 5.50. The number of sulfonamides is 1. The summed E-state index contributed by atoms with van der Waals surface area (Å²) in [4.78, 5) is 29.6. The number of halogens is 1. The average Bonchev–Trinajstić information content (AvgIpc) is 2.95. The highest BCUT2D eigenvalue weighted by molar-refractivity contribution is 7.92. The van der Waals surface area contributed by atoms with E-state index < -0.39 is 28.5 Å². The molecule has 0 spiro atoms. The molecule has 1 fully saturated rings. The zero-order chi connectivity index (χ0) is 29.4. The zero-order valence-corrected chi connectivity index (χ0v) is 25.2. The molecule has 7 nitrogen and oxygen atoms in total. The molecule has 1 saturated carbocycles. The SMILES string of the molecule is Cc1cccc(N(CC(=O)N(Cc2ccc(Cl)cc2)C(Cc2ccccc2)C(=O)NC2CCCCC2)S(C)(=O)=O)c1. The van der Waals surface area contributed by atoms with Crippen molar-refractivity contribution in [1.82, 2.24) is 10.2 Å². The summed E-state index contributed by atoms with van der Waals surface area (Å²) in [6.45, 7) is 1.55. The molecule has 0 aliphatic heterocycles. The standard InChI is InChI=1S/C32H38ClN3O4S/c1-24-10-9-15-29(20-24)36(41(2,39)40)23-31(37)35(22-26-16-18-27(33)19-17-26)30(21-25-11-5-3-6-12-25)32(38)34-28-13-7-4-8-14-28/h3,5-6,9-12,15-20,28,30H,4,7-8,13-14,21-23H2,1-2H3,(H,34,38). The van der Waals surface area contributed by atoms with Gasteiger partial charge in [-0.25, -0.2) is 8.42 Å². The van der Waals surface area contributed by atoms with Crippen molar-refractivity contribution in [3.05, 3.63) is 101 Å². The summed E-state index contributed by atoms with van der Waals surface area (Å²) < 4.78 is 26.9. The summed E-state index contributed by atoms with van der Waals surface area (Å²) in [5, 5.41) is 3.77. The molecule has 218 valence electrons. The Morgan fingerprint density at radius 2 is 1.61 bits per heavy atom. The minimum atomic E-state index is -3.80. The summed E-state index contributed by atoms with van der Waals surface area (Å²) in [5.41, 5.74) is 2.96. The van der Waals surface area contributed by atoms with Crippen LogP contribution >= 0.6 is 11.6 Å². The Kier molecular flexibility index (Phi) is 10.5. The number of carbonyl (C=O) groups is 2. The van der Waals surface area contributed by atoms with Gasteiger partial charge in [0, 0.05) is 24.0 Å². The molecule has 0 bridgehead atoms. The number of anilines is 1. The molecule has 0 radical (unpaired) electrons. The molecular weight excluding hydrogens is 558 g/mol. The van der Waals surface area contributed by atoms with Crippen LogP contribution in [0.5, 0.6) is 0 Å². The first-order valence-electron chi connectivity index (χ1n) is 14.0. The predicted molar refractivity (Wildman–Crippen MR) is 164 cm³/mol. The highest BCUT2D eigenvalue weighted by Gasteiger charge is 2.34. The lowest BCUT2D eigenvalue weighted by Gasteiger charge is -2.35. The minimum Gasteiger partial charge on any atom is -0.352 e. The van der Waals surface area contributed by atoms with E-state index in [2.05, 4.69) is 5.32 Å². The van der Waals surface area contributed by atoms with Crippen LogP contribution in [0.3, 0.4) is 0 Å².